The fourth-order valence-electron chi connectivity index (χ4n) is 5.04. The molecule has 2 aromatic rings. The Kier molecular flexibility index (Phi) is 4.17. The molecule has 6 nitrogen and oxygen atoms in total. The summed E-state index contributed by atoms with van der Waals surface area (Å²) < 4.78 is 14.7. The van der Waals surface area contributed by atoms with E-state index < -0.39 is 35.7 Å². The van der Waals surface area contributed by atoms with Crippen LogP contribution in [-0.2, 0) is 28.0 Å². The highest BCUT2D eigenvalue weighted by Crippen LogP contribution is 2.41. The lowest BCUT2D eigenvalue weighted by molar-refractivity contribution is -0.134. The summed E-state index contributed by atoms with van der Waals surface area (Å²) in [5.41, 5.74) is 2.58. The highest BCUT2D eigenvalue weighted by atomic mass is 19.1. The molecule has 1 N–H and O–H groups in total. The van der Waals surface area contributed by atoms with Gasteiger partial charge in [-0.25, -0.2) is 9.18 Å². The molecule has 2 heterocycles. The van der Waals surface area contributed by atoms with Gasteiger partial charge in [-0.15, -0.1) is 0 Å². The van der Waals surface area contributed by atoms with E-state index in [-0.39, 0.29) is 5.69 Å². The molecule has 7 heteroatoms. The van der Waals surface area contributed by atoms with E-state index in [1.807, 2.05) is 37.3 Å². The highest BCUT2D eigenvalue weighted by Gasteiger charge is 2.55. The summed E-state index contributed by atoms with van der Waals surface area (Å²) in [6.07, 6.45) is 2.57. The number of urea groups is 1. The molecule has 1 atom stereocenters. The van der Waals surface area contributed by atoms with E-state index in [2.05, 4.69) is 5.32 Å². The Balaban J connectivity index is 1.42. The van der Waals surface area contributed by atoms with Crippen LogP contribution in [0.4, 0.5) is 14.9 Å². The number of hydrogen-bond acceptors (Lipinski definition) is 3. The normalized spacial score (nSPS) is 22.3. The molecular formula is C23H22FN3O3. The minimum absolute atomic E-state index is 0.268. The summed E-state index contributed by atoms with van der Waals surface area (Å²) in [5, 5.41) is 2.82. The summed E-state index contributed by atoms with van der Waals surface area (Å²) in [6.45, 7) is 1.78. The van der Waals surface area contributed by atoms with E-state index in [0.717, 1.165) is 27.2 Å². The topological polar surface area (TPSA) is 69.7 Å². The second-order valence-corrected chi connectivity index (χ2v) is 8.29. The van der Waals surface area contributed by atoms with Gasteiger partial charge in [0.25, 0.3) is 5.91 Å². The SMILES string of the molecule is Cc1cc(F)c2c(c1)CCCN2C(=O)CN1C(=O)NC2(CCc3ccccc32)C1=O. The molecule has 1 aliphatic carbocycles. The van der Waals surface area contributed by atoms with Crippen molar-refractivity contribution in [3.05, 3.63) is 64.5 Å². The minimum Gasteiger partial charge on any atom is -0.319 e. The van der Waals surface area contributed by atoms with Gasteiger partial charge in [0.15, 0.2) is 0 Å². The van der Waals surface area contributed by atoms with E-state index in [1.54, 1.807) is 0 Å². The molecule has 154 valence electrons. The number of fused-ring (bicyclic) bond motifs is 3. The lowest BCUT2D eigenvalue weighted by atomic mass is 9.92. The number of amides is 4. The number of imide groups is 1. The fourth-order valence-corrected chi connectivity index (χ4v) is 5.04. The molecule has 0 saturated carbocycles. The van der Waals surface area contributed by atoms with Crippen molar-refractivity contribution in [1.82, 2.24) is 10.2 Å². The molecule has 4 amide bonds. The summed E-state index contributed by atoms with van der Waals surface area (Å²) >= 11 is 0. The van der Waals surface area contributed by atoms with Crippen LogP contribution < -0.4 is 10.2 Å². The summed E-state index contributed by atoms with van der Waals surface area (Å²) in [6, 6.07) is 10.3. The summed E-state index contributed by atoms with van der Waals surface area (Å²) in [4.78, 5) is 41.4. The van der Waals surface area contributed by atoms with Crippen LogP contribution in [0.5, 0.6) is 0 Å². The van der Waals surface area contributed by atoms with Crippen molar-refractivity contribution in [3.63, 3.8) is 0 Å². The number of anilines is 1. The molecule has 0 bridgehead atoms. The molecule has 1 unspecified atom stereocenters. The summed E-state index contributed by atoms with van der Waals surface area (Å²) in [5.74, 6) is -1.31. The lowest BCUT2D eigenvalue weighted by Gasteiger charge is -2.31. The van der Waals surface area contributed by atoms with Crippen molar-refractivity contribution < 1.29 is 18.8 Å². The van der Waals surface area contributed by atoms with Gasteiger partial charge in [-0.1, -0.05) is 30.3 Å². The predicted molar refractivity (Wildman–Crippen MR) is 108 cm³/mol. The van der Waals surface area contributed by atoms with E-state index >= 15 is 0 Å². The first-order valence-electron chi connectivity index (χ1n) is 10.2. The molecule has 5 rings (SSSR count). The second kappa shape index (κ2) is 6.65. The molecule has 1 saturated heterocycles. The molecule has 1 spiro atoms. The number of halogens is 1. The molecule has 1 fully saturated rings. The van der Waals surface area contributed by atoms with Crippen molar-refractivity contribution in [2.24, 2.45) is 0 Å². The number of aryl methyl sites for hydroxylation is 3. The third-order valence-electron chi connectivity index (χ3n) is 6.40. The molecule has 30 heavy (non-hydrogen) atoms. The Hall–Kier alpha value is -3.22. The molecule has 0 radical (unpaired) electrons. The number of benzene rings is 2. The second-order valence-electron chi connectivity index (χ2n) is 8.29. The number of carbonyl (C=O) groups is 3. The average molecular weight is 407 g/mol. The molecule has 2 aromatic carbocycles. The summed E-state index contributed by atoms with van der Waals surface area (Å²) in [7, 11) is 0. The lowest BCUT2D eigenvalue weighted by Crippen LogP contribution is -2.46. The zero-order valence-corrected chi connectivity index (χ0v) is 16.7. The maximum Gasteiger partial charge on any atom is 0.325 e. The Labute approximate surface area is 173 Å². The van der Waals surface area contributed by atoms with Crippen LogP contribution in [0.2, 0.25) is 0 Å². The number of hydrogen-bond donors (Lipinski definition) is 1. The Bertz CT molecular complexity index is 1100. The van der Waals surface area contributed by atoms with Crippen LogP contribution in [0.25, 0.3) is 0 Å². The van der Waals surface area contributed by atoms with Gasteiger partial charge in [0, 0.05) is 6.54 Å². The Morgan fingerprint density at radius 2 is 1.97 bits per heavy atom. The third kappa shape index (κ3) is 2.65. The third-order valence-corrected chi connectivity index (χ3v) is 6.40. The number of nitrogens with zero attached hydrogens (tertiary/aromatic N) is 2. The number of rotatable bonds is 2. The number of carbonyl (C=O) groups excluding carboxylic acids is 3. The molecule has 2 aliphatic heterocycles. The van der Waals surface area contributed by atoms with Crippen LogP contribution in [-0.4, -0.2) is 35.8 Å². The number of nitrogens with one attached hydrogen (secondary N) is 1. The van der Waals surface area contributed by atoms with Crippen LogP contribution in [0.1, 0.15) is 35.1 Å². The standard InChI is InChI=1S/C23H22FN3O3/c1-14-11-16-6-4-10-26(20(16)18(24)12-14)19(28)13-27-21(29)23(25-22(27)30)9-8-15-5-2-3-7-17(15)23/h2-3,5,7,11-12H,4,6,8-10,13H2,1H3,(H,25,30). The van der Waals surface area contributed by atoms with Crippen molar-refractivity contribution in [2.45, 2.75) is 38.1 Å². The maximum atomic E-state index is 14.7. The largest absolute Gasteiger partial charge is 0.325 e. The molecule has 0 aromatic heterocycles. The quantitative estimate of drug-likeness (QED) is 0.779. The highest BCUT2D eigenvalue weighted by molar-refractivity contribution is 6.11. The van der Waals surface area contributed by atoms with Crippen molar-refractivity contribution in [1.29, 1.82) is 0 Å². The van der Waals surface area contributed by atoms with E-state index in [4.69, 9.17) is 0 Å². The van der Waals surface area contributed by atoms with Gasteiger partial charge < -0.3 is 10.2 Å². The zero-order chi connectivity index (χ0) is 21.0. The fraction of sp³-hybridized carbons (Fsp3) is 0.348. The van der Waals surface area contributed by atoms with Crippen LogP contribution >= 0.6 is 0 Å². The van der Waals surface area contributed by atoms with Crippen molar-refractivity contribution in [2.75, 3.05) is 18.0 Å². The van der Waals surface area contributed by atoms with Crippen molar-refractivity contribution in [3.8, 4) is 0 Å². The molecule has 3 aliphatic rings. The van der Waals surface area contributed by atoms with Gasteiger partial charge in [-0.05, 0) is 60.9 Å². The minimum atomic E-state index is -1.10. The van der Waals surface area contributed by atoms with Crippen LogP contribution in [0.15, 0.2) is 36.4 Å². The van der Waals surface area contributed by atoms with Gasteiger partial charge in [0.1, 0.15) is 17.9 Å². The van der Waals surface area contributed by atoms with Crippen LogP contribution in [0.3, 0.4) is 0 Å². The van der Waals surface area contributed by atoms with Crippen molar-refractivity contribution >= 4 is 23.5 Å². The van der Waals surface area contributed by atoms with Crippen LogP contribution in [0, 0.1) is 12.7 Å². The van der Waals surface area contributed by atoms with Gasteiger partial charge in [-0.2, -0.15) is 0 Å². The van der Waals surface area contributed by atoms with Gasteiger partial charge in [-0.3, -0.25) is 14.5 Å². The first kappa shape index (κ1) is 18.8. The zero-order valence-electron chi connectivity index (χ0n) is 16.7. The van der Waals surface area contributed by atoms with Gasteiger partial charge in [0.2, 0.25) is 5.91 Å². The van der Waals surface area contributed by atoms with E-state index in [9.17, 15) is 18.8 Å². The van der Waals surface area contributed by atoms with Gasteiger partial charge in [0.05, 0.1) is 5.69 Å². The first-order chi connectivity index (χ1) is 14.4. The monoisotopic (exact) mass is 407 g/mol. The average Bonchev–Trinajstić information content (AvgIpc) is 3.20. The van der Waals surface area contributed by atoms with Gasteiger partial charge >= 0.3 is 6.03 Å². The smallest absolute Gasteiger partial charge is 0.319 e. The molecular weight excluding hydrogens is 385 g/mol. The Morgan fingerprint density at radius 3 is 2.80 bits per heavy atom. The maximum absolute atomic E-state index is 14.7. The predicted octanol–water partition coefficient (Wildman–Crippen LogP) is 2.81. The first-order valence-corrected chi connectivity index (χ1v) is 10.2. The van der Waals surface area contributed by atoms with E-state index in [1.165, 1.54) is 11.0 Å². The Morgan fingerprint density at radius 1 is 1.17 bits per heavy atom. The van der Waals surface area contributed by atoms with E-state index in [0.29, 0.717) is 32.2 Å².